The van der Waals surface area contributed by atoms with Crippen molar-refractivity contribution in [2.75, 3.05) is 26.9 Å². The second kappa shape index (κ2) is 5.93. The van der Waals surface area contributed by atoms with Gasteiger partial charge >= 0.3 is 5.97 Å². The lowest BCUT2D eigenvalue weighted by atomic mass is 9.84. The lowest BCUT2D eigenvalue weighted by Gasteiger charge is -2.21. The van der Waals surface area contributed by atoms with E-state index in [1.165, 1.54) is 0 Å². The minimum absolute atomic E-state index is 0.272. The Bertz CT molecular complexity index is 420. The first-order valence-electron chi connectivity index (χ1n) is 6.24. The third kappa shape index (κ3) is 3.17. The molecule has 1 unspecified atom stereocenters. The predicted octanol–water partition coefficient (Wildman–Crippen LogP) is 1.96. The maximum absolute atomic E-state index is 11.3. The standard InChI is InChI=1S/C14H18O5/c1-17-11-2-4-12(5-3-11)19-9-7-14(13(15)16)6-8-18-10-14/h2-5H,6-10H2,1H3,(H,15,16). The van der Waals surface area contributed by atoms with Crippen LogP contribution in [0.5, 0.6) is 11.5 Å². The third-order valence-corrected chi connectivity index (χ3v) is 3.47. The highest BCUT2D eigenvalue weighted by Gasteiger charge is 2.42. The quantitative estimate of drug-likeness (QED) is 0.852. The number of hydrogen-bond acceptors (Lipinski definition) is 4. The van der Waals surface area contributed by atoms with Crippen molar-refractivity contribution in [3.05, 3.63) is 24.3 Å². The first kappa shape index (κ1) is 13.7. The SMILES string of the molecule is COc1ccc(OCCC2(C(=O)O)CCOC2)cc1. The fourth-order valence-corrected chi connectivity index (χ4v) is 2.12. The van der Waals surface area contributed by atoms with Crippen molar-refractivity contribution in [3.8, 4) is 11.5 Å². The van der Waals surface area contributed by atoms with Crippen LogP contribution in [0.1, 0.15) is 12.8 Å². The summed E-state index contributed by atoms with van der Waals surface area (Å²) in [6, 6.07) is 7.22. The van der Waals surface area contributed by atoms with Gasteiger partial charge in [0.15, 0.2) is 0 Å². The lowest BCUT2D eigenvalue weighted by Crippen LogP contribution is -2.33. The monoisotopic (exact) mass is 266 g/mol. The van der Waals surface area contributed by atoms with Gasteiger partial charge in [-0.1, -0.05) is 0 Å². The molecule has 5 nitrogen and oxygen atoms in total. The first-order chi connectivity index (χ1) is 9.16. The van der Waals surface area contributed by atoms with Crippen molar-refractivity contribution in [3.63, 3.8) is 0 Å². The molecule has 1 fully saturated rings. The number of carboxylic acids is 1. The van der Waals surface area contributed by atoms with Crippen LogP contribution in [0.4, 0.5) is 0 Å². The van der Waals surface area contributed by atoms with Crippen LogP contribution in [0.2, 0.25) is 0 Å². The molecule has 0 aromatic heterocycles. The predicted molar refractivity (Wildman–Crippen MR) is 68.6 cm³/mol. The minimum atomic E-state index is -0.802. The van der Waals surface area contributed by atoms with Gasteiger partial charge in [-0.25, -0.2) is 0 Å². The van der Waals surface area contributed by atoms with E-state index in [9.17, 15) is 9.90 Å². The highest BCUT2D eigenvalue weighted by Crippen LogP contribution is 2.33. The van der Waals surface area contributed by atoms with Gasteiger partial charge in [-0.05, 0) is 37.1 Å². The van der Waals surface area contributed by atoms with Crippen molar-refractivity contribution < 1.29 is 24.1 Å². The number of carbonyl (C=O) groups is 1. The zero-order valence-corrected chi connectivity index (χ0v) is 10.9. The molecule has 1 aliphatic rings. The van der Waals surface area contributed by atoms with Gasteiger partial charge in [0, 0.05) is 6.61 Å². The molecular weight excluding hydrogens is 248 g/mol. The second-order valence-corrected chi connectivity index (χ2v) is 4.66. The highest BCUT2D eigenvalue weighted by molar-refractivity contribution is 5.75. The topological polar surface area (TPSA) is 65.0 Å². The number of carboxylic acid groups (broad SMARTS) is 1. The van der Waals surface area contributed by atoms with Crippen LogP contribution in [-0.2, 0) is 9.53 Å². The summed E-state index contributed by atoms with van der Waals surface area (Å²) in [7, 11) is 1.60. The van der Waals surface area contributed by atoms with Gasteiger partial charge in [0.1, 0.15) is 11.5 Å². The zero-order valence-electron chi connectivity index (χ0n) is 10.9. The van der Waals surface area contributed by atoms with Gasteiger partial charge in [-0.2, -0.15) is 0 Å². The molecule has 0 saturated carbocycles. The molecule has 0 amide bonds. The normalized spacial score (nSPS) is 22.2. The average Bonchev–Trinajstić information content (AvgIpc) is 2.90. The van der Waals surface area contributed by atoms with Crippen molar-refractivity contribution in [2.45, 2.75) is 12.8 Å². The summed E-state index contributed by atoms with van der Waals surface area (Å²) in [4.78, 5) is 11.3. The van der Waals surface area contributed by atoms with Crippen LogP contribution >= 0.6 is 0 Å². The van der Waals surface area contributed by atoms with Crippen LogP contribution in [0.15, 0.2) is 24.3 Å². The lowest BCUT2D eigenvalue weighted by molar-refractivity contribution is -0.149. The van der Waals surface area contributed by atoms with Crippen molar-refractivity contribution in [1.82, 2.24) is 0 Å². The van der Waals surface area contributed by atoms with Gasteiger partial charge in [0.05, 0.1) is 25.7 Å². The number of hydrogen-bond donors (Lipinski definition) is 1. The molecular formula is C14H18O5. The second-order valence-electron chi connectivity index (χ2n) is 4.66. The Morgan fingerprint density at radius 3 is 2.58 bits per heavy atom. The van der Waals surface area contributed by atoms with E-state index in [4.69, 9.17) is 14.2 Å². The summed E-state index contributed by atoms with van der Waals surface area (Å²) in [6.07, 6.45) is 1.00. The molecule has 5 heteroatoms. The van der Waals surface area contributed by atoms with E-state index in [1.54, 1.807) is 31.4 Å². The zero-order chi connectivity index (χ0) is 13.7. The molecule has 1 heterocycles. The number of ether oxygens (including phenoxy) is 3. The summed E-state index contributed by atoms with van der Waals surface area (Å²) < 4.78 is 15.8. The summed E-state index contributed by atoms with van der Waals surface area (Å²) >= 11 is 0. The molecule has 104 valence electrons. The molecule has 0 bridgehead atoms. The number of rotatable bonds is 6. The summed E-state index contributed by atoms with van der Waals surface area (Å²) in [5.74, 6) is 0.669. The molecule has 1 aliphatic heterocycles. The van der Waals surface area contributed by atoms with Crippen LogP contribution in [0.3, 0.4) is 0 Å². The number of methoxy groups -OCH3 is 1. The maximum atomic E-state index is 11.3. The van der Waals surface area contributed by atoms with Crippen molar-refractivity contribution in [2.24, 2.45) is 5.41 Å². The Morgan fingerprint density at radius 1 is 1.37 bits per heavy atom. The van der Waals surface area contributed by atoms with Gasteiger partial charge in [-0.15, -0.1) is 0 Å². The number of benzene rings is 1. The van der Waals surface area contributed by atoms with E-state index >= 15 is 0 Å². The largest absolute Gasteiger partial charge is 0.497 e. The Balaban J connectivity index is 1.86. The van der Waals surface area contributed by atoms with Crippen LogP contribution < -0.4 is 9.47 Å². The first-order valence-corrected chi connectivity index (χ1v) is 6.24. The third-order valence-electron chi connectivity index (χ3n) is 3.47. The summed E-state index contributed by atoms with van der Waals surface area (Å²) in [5.41, 5.74) is -0.785. The van der Waals surface area contributed by atoms with E-state index in [0.717, 1.165) is 5.75 Å². The summed E-state index contributed by atoms with van der Waals surface area (Å²) in [5, 5.41) is 9.28. The average molecular weight is 266 g/mol. The van der Waals surface area contributed by atoms with Gasteiger partial charge in [0.25, 0.3) is 0 Å². The molecule has 0 aliphatic carbocycles. The molecule has 2 rings (SSSR count). The van der Waals surface area contributed by atoms with Crippen LogP contribution in [0, 0.1) is 5.41 Å². The van der Waals surface area contributed by atoms with Gasteiger partial charge < -0.3 is 19.3 Å². The molecule has 19 heavy (non-hydrogen) atoms. The molecule has 1 aromatic rings. The molecule has 1 aromatic carbocycles. The van der Waals surface area contributed by atoms with E-state index in [2.05, 4.69) is 0 Å². The maximum Gasteiger partial charge on any atom is 0.312 e. The van der Waals surface area contributed by atoms with Gasteiger partial charge in [-0.3, -0.25) is 4.79 Å². The smallest absolute Gasteiger partial charge is 0.312 e. The number of aliphatic carboxylic acids is 1. The fraction of sp³-hybridized carbons (Fsp3) is 0.500. The molecule has 0 radical (unpaired) electrons. The van der Waals surface area contributed by atoms with E-state index < -0.39 is 11.4 Å². The Kier molecular flexibility index (Phi) is 4.27. The highest BCUT2D eigenvalue weighted by atomic mass is 16.5. The van der Waals surface area contributed by atoms with E-state index in [1.807, 2.05) is 0 Å². The van der Waals surface area contributed by atoms with E-state index in [0.29, 0.717) is 31.8 Å². The summed E-state index contributed by atoms with van der Waals surface area (Å²) in [6.45, 7) is 1.14. The van der Waals surface area contributed by atoms with Crippen LogP contribution in [-0.4, -0.2) is 38.0 Å². The fourth-order valence-electron chi connectivity index (χ4n) is 2.12. The Labute approximate surface area is 112 Å². The molecule has 0 spiro atoms. The Morgan fingerprint density at radius 2 is 2.05 bits per heavy atom. The Hall–Kier alpha value is -1.75. The van der Waals surface area contributed by atoms with Crippen molar-refractivity contribution >= 4 is 5.97 Å². The molecule has 1 atom stereocenters. The van der Waals surface area contributed by atoms with Gasteiger partial charge in [0.2, 0.25) is 0 Å². The van der Waals surface area contributed by atoms with Crippen molar-refractivity contribution in [1.29, 1.82) is 0 Å². The van der Waals surface area contributed by atoms with E-state index in [-0.39, 0.29) is 6.61 Å². The molecule has 1 saturated heterocycles. The molecule has 1 N–H and O–H groups in total. The minimum Gasteiger partial charge on any atom is -0.497 e. The van der Waals surface area contributed by atoms with Crippen LogP contribution in [0.25, 0.3) is 0 Å².